The van der Waals surface area contributed by atoms with Crippen molar-refractivity contribution < 1.29 is 14.3 Å². The second kappa shape index (κ2) is 9.92. The number of hydrogen-bond acceptors (Lipinski definition) is 4. The number of aromatic nitrogens is 2. The van der Waals surface area contributed by atoms with Crippen molar-refractivity contribution >= 4 is 22.9 Å². The van der Waals surface area contributed by atoms with Crippen LogP contribution in [-0.2, 0) is 33.8 Å². The van der Waals surface area contributed by atoms with Crippen LogP contribution in [0.25, 0.3) is 22.2 Å². The zero-order valence-electron chi connectivity index (χ0n) is 18.0. The van der Waals surface area contributed by atoms with Gasteiger partial charge in [-0.15, -0.1) is 0 Å². The number of para-hydroxylation sites is 2. The SMILES string of the molecule is CCOC(=O)Cn1c(CNC(=O)Cc2ccc(-c3ccccc3)cc2)nc2ccccc21. The van der Waals surface area contributed by atoms with Crippen molar-refractivity contribution in [1.29, 1.82) is 0 Å². The number of rotatable bonds is 8. The minimum Gasteiger partial charge on any atom is -0.465 e. The Kier molecular flexibility index (Phi) is 6.60. The predicted molar refractivity (Wildman–Crippen MR) is 124 cm³/mol. The highest BCUT2D eigenvalue weighted by molar-refractivity contribution is 5.80. The smallest absolute Gasteiger partial charge is 0.326 e. The lowest BCUT2D eigenvalue weighted by Gasteiger charge is -2.10. The number of carbonyl (C=O) groups is 2. The highest BCUT2D eigenvalue weighted by Crippen LogP contribution is 2.20. The maximum absolute atomic E-state index is 12.6. The minimum atomic E-state index is -0.332. The summed E-state index contributed by atoms with van der Waals surface area (Å²) in [5, 5.41) is 2.93. The number of benzene rings is 3. The highest BCUT2D eigenvalue weighted by Gasteiger charge is 2.15. The Morgan fingerprint density at radius 1 is 0.906 bits per heavy atom. The normalized spacial score (nSPS) is 10.8. The van der Waals surface area contributed by atoms with Crippen molar-refractivity contribution in [2.75, 3.05) is 6.61 Å². The number of amides is 1. The van der Waals surface area contributed by atoms with Crippen LogP contribution in [0.1, 0.15) is 18.3 Å². The van der Waals surface area contributed by atoms with Crippen molar-refractivity contribution in [1.82, 2.24) is 14.9 Å². The summed E-state index contributed by atoms with van der Waals surface area (Å²) < 4.78 is 6.88. The van der Waals surface area contributed by atoms with Gasteiger partial charge in [-0.25, -0.2) is 4.98 Å². The van der Waals surface area contributed by atoms with Crippen LogP contribution >= 0.6 is 0 Å². The van der Waals surface area contributed by atoms with Gasteiger partial charge in [-0.05, 0) is 35.7 Å². The zero-order chi connectivity index (χ0) is 22.3. The minimum absolute atomic E-state index is 0.0561. The van der Waals surface area contributed by atoms with Gasteiger partial charge in [-0.2, -0.15) is 0 Å². The molecule has 0 aliphatic carbocycles. The molecule has 4 aromatic rings. The van der Waals surface area contributed by atoms with Gasteiger partial charge >= 0.3 is 5.97 Å². The number of esters is 1. The molecular weight excluding hydrogens is 402 g/mol. The molecule has 162 valence electrons. The molecule has 6 nitrogen and oxygen atoms in total. The van der Waals surface area contributed by atoms with E-state index in [-0.39, 0.29) is 31.4 Å². The Balaban J connectivity index is 1.42. The molecule has 4 rings (SSSR count). The second-order valence-electron chi connectivity index (χ2n) is 7.42. The van der Waals surface area contributed by atoms with E-state index in [2.05, 4.69) is 22.4 Å². The Morgan fingerprint density at radius 2 is 1.59 bits per heavy atom. The van der Waals surface area contributed by atoms with Crippen molar-refractivity contribution in [3.63, 3.8) is 0 Å². The van der Waals surface area contributed by atoms with E-state index in [0.29, 0.717) is 12.4 Å². The third-order valence-corrected chi connectivity index (χ3v) is 5.20. The van der Waals surface area contributed by atoms with E-state index in [1.807, 2.05) is 66.7 Å². The fourth-order valence-corrected chi connectivity index (χ4v) is 3.64. The Labute approximate surface area is 186 Å². The summed E-state index contributed by atoms with van der Waals surface area (Å²) in [7, 11) is 0. The molecule has 0 aliphatic rings. The number of nitrogens with zero attached hydrogens (tertiary/aromatic N) is 2. The van der Waals surface area contributed by atoms with Crippen LogP contribution in [0.15, 0.2) is 78.9 Å². The van der Waals surface area contributed by atoms with Gasteiger partial charge in [0.05, 0.1) is 30.6 Å². The van der Waals surface area contributed by atoms with Gasteiger partial charge in [-0.3, -0.25) is 9.59 Å². The maximum atomic E-state index is 12.6. The van der Waals surface area contributed by atoms with Gasteiger partial charge in [0.1, 0.15) is 12.4 Å². The molecule has 1 N–H and O–H groups in total. The Bertz CT molecular complexity index is 1210. The molecule has 0 aliphatic heterocycles. The van der Waals surface area contributed by atoms with Crippen LogP contribution in [0.2, 0.25) is 0 Å². The first-order valence-electron chi connectivity index (χ1n) is 10.6. The highest BCUT2D eigenvalue weighted by atomic mass is 16.5. The van der Waals surface area contributed by atoms with E-state index in [0.717, 1.165) is 27.7 Å². The van der Waals surface area contributed by atoms with Crippen LogP contribution in [0, 0.1) is 0 Å². The van der Waals surface area contributed by atoms with Crippen LogP contribution in [0.4, 0.5) is 0 Å². The van der Waals surface area contributed by atoms with Crippen LogP contribution in [0.5, 0.6) is 0 Å². The molecule has 1 amide bonds. The van der Waals surface area contributed by atoms with E-state index >= 15 is 0 Å². The molecule has 6 heteroatoms. The third-order valence-electron chi connectivity index (χ3n) is 5.20. The summed E-state index contributed by atoms with van der Waals surface area (Å²) in [4.78, 5) is 29.2. The Hall–Kier alpha value is -3.93. The molecular formula is C26H25N3O3. The summed E-state index contributed by atoms with van der Waals surface area (Å²) in [6.07, 6.45) is 0.271. The third kappa shape index (κ3) is 5.03. The van der Waals surface area contributed by atoms with E-state index in [9.17, 15) is 9.59 Å². The van der Waals surface area contributed by atoms with Gasteiger partial charge in [-0.1, -0.05) is 66.7 Å². The van der Waals surface area contributed by atoms with E-state index in [1.165, 1.54) is 0 Å². The Morgan fingerprint density at radius 3 is 2.34 bits per heavy atom. The fraction of sp³-hybridized carbons (Fsp3) is 0.192. The monoisotopic (exact) mass is 427 g/mol. The van der Waals surface area contributed by atoms with Gasteiger partial charge < -0.3 is 14.6 Å². The lowest BCUT2D eigenvalue weighted by molar-refractivity contribution is -0.143. The van der Waals surface area contributed by atoms with Crippen molar-refractivity contribution in [3.05, 3.63) is 90.3 Å². The lowest BCUT2D eigenvalue weighted by Crippen LogP contribution is -2.27. The summed E-state index contributed by atoms with van der Waals surface area (Å²) in [5.41, 5.74) is 4.80. The average molecular weight is 428 g/mol. The number of nitrogens with one attached hydrogen (secondary N) is 1. The van der Waals surface area contributed by atoms with Crippen molar-refractivity contribution in [3.8, 4) is 11.1 Å². The largest absolute Gasteiger partial charge is 0.465 e. The molecule has 0 spiro atoms. The molecule has 0 bridgehead atoms. The summed E-state index contributed by atoms with van der Waals surface area (Å²) in [5.74, 6) is 0.181. The topological polar surface area (TPSA) is 73.2 Å². The molecule has 0 unspecified atom stereocenters. The van der Waals surface area contributed by atoms with Gasteiger partial charge in [0, 0.05) is 0 Å². The zero-order valence-corrected chi connectivity index (χ0v) is 18.0. The van der Waals surface area contributed by atoms with Crippen molar-refractivity contribution in [2.24, 2.45) is 0 Å². The van der Waals surface area contributed by atoms with E-state index in [1.54, 1.807) is 11.5 Å². The molecule has 3 aromatic carbocycles. The number of hydrogen-bond donors (Lipinski definition) is 1. The average Bonchev–Trinajstić information content (AvgIpc) is 3.16. The molecule has 32 heavy (non-hydrogen) atoms. The molecule has 0 saturated carbocycles. The lowest BCUT2D eigenvalue weighted by atomic mass is 10.0. The standard InChI is InChI=1S/C26H25N3O3/c1-2-32-26(31)18-29-23-11-7-6-10-22(23)28-24(29)17-27-25(30)16-19-12-14-21(15-13-19)20-8-4-3-5-9-20/h3-15H,2,16-18H2,1H3,(H,27,30). The van der Waals surface area contributed by atoms with Crippen LogP contribution < -0.4 is 5.32 Å². The maximum Gasteiger partial charge on any atom is 0.326 e. The predicted octanol–water partition coefficient (Wildman–Crippen LogP) is 4.13. The van der Waals surface area contributed by atoms with Crippen LogP contribution in [0.3, 0.4) is 0 Å². The first-order chi connectivity index (χ1) is 15.6. The number of carbonyl (C=O) groups excluding carboxylic acids is 2. The summed E-state index contributed by atoms with van der Waals surface area (Å²) in [6.45, 7) is 2.38. The van der Waals surface area contributed by atoms with Gasteiger partial charge in [0.25, 0.3) is 0 Å². The molecule has 0 radical (unpaired) electrons. The first kappa shape index (κ1) is 21.3. The van der Waals surface area contributed by atoms with Gasteiger partial charge in [0.15, 0.2) is 0 Å². The second-order valence-corrected chi connectivity index (χ2v) is 7.42. The van der Waals surface area contributed by atoms with Gasteiger partial charge in [0.2, 0.25) is 5.91 Å². The molecule has 0 saturated heterocycles. The van der Waals surface area contributed by atoms with E-state index in [4.69, 9.17) is 4.74 Å². The number of ether oxygens (including phenoxy) is 1. The number of imidazole rings is 1. The molecule has 1 heterocycles. The summed E-state index contributed by atoms with van der Waals surface area (Å²) >= 11 is 0. The van der Waals surface area contributed by atoms with E-state index < -0.39 is 0 Å². The summed E-state index contributed by atoms with van der Waals surface area (Å²) in [6, 6.07) is 25.7. The number of fused-ring (bicyclic) bond motifs is 1. The molecule has 1 aromatic heterocycles. The van der Waals surface area contributed by atoms with Crippen molar-refractivity contribution in [2.45, 2.75) is 26.4 Å². The van der Waals surface area contributed by atoms with Crippen LogP contribution in [-0.4, -0.2) is 28.0 Å². The quantitative estimate of drug-likeness (QED) is 0.429. The molecule has 0 fully saturated rings. The fourth-order valence-electron chi connectivity index (χ4n) is 3.64. The molecule has 0 atom stereocenters. The first-order valence-corrected chi connectivity index (χ1v) is 10.6.